The fraction of sp³-hybridized carbons (Fsp3) is 0.333. The zero-order valence-electron chi connectivity index (χ0n) is 23.7. The van der Waals surface area contributed by atoms with Crippen LogP contribution >= 0.6 is 22.7 Å². The normalized spacial score (nSPS) is 12.6. The number of carbonyl (C=O) groups excluding carboxylic acids is 2. The second kappa shape index (κ2) is 13.4. The largest absolute Gasteiger partial charge is 0.493 e. The summed E-state index contributed by atoms with van der Waals surface area (Å²) in [6.07, 6.45) is -0.317. The van der Waals surface area contributed by atoms with Gasteiger partial charge < -0.3 is 29.2 Å². The zero-order chi connectivity index (χ0) is 31.4. The number of thiophene rings is 2. The molecule has 2 aromatic heterocycles. The summed E-state index contributed by atoms with van der Waals surface area (Å²) in [5, 5.41) is 19.1. The first-order chi connectivity index (χ1) is 20.4. The van der Waals surface area contributed by atoms with Crippen LogP contribution in [0.1, 0.15) is 46.0 Å². The molecule has 0 bridgehead atoms. The fourth-order valence-electron chi connectivity index (χ4n) is 4.21. The number of methoxy groups -OCH3 is 2. The van der Waals surface area contributed by atoms with Crippen LogP contribution in [0.4, 0.5) is 4.39 Å². The molecule has 43 heavy (non-hydrogen) atoms. The summed E-state index contributed by atoms with van der Waals surface area (Å²) >= 11 is 2.28. The van der Waals surface area contributed by atoms with Gasteiger partial charge in [-0.3, -0.25) is 19.2 Å². The van der Waals surface area contributed by atoms with E-state index in [-0.39, 0.29) is 53.6 Å². The van der Waals surface area contributed by atoms with Crippen LogP contribution in [0.25, 0.3) is 20.2 Å². The zero-order valence-corrected chi connectivity index (χ0v) is 25.4. The second-order valence-corrected chi connectivity index (χ2v) is 12.0. The molecule has 13 heteroatoms. The Bertz CT molecular complexity index is 1710. The molecule has 10 nitrogen and oxygen atoms in total. The van der Waals surface area contributed by atoms with E-state index >= 15 is 4.39 Å². The molecule has 0 saturated heterocycles. The number of hydrogen-bond acceptors (Lipinski definition) is 10. The van der Waals surface area contributed by atoms with Crippen LogP contribution < -0.4 is 18.9 Å². The lowest BCUT2D eigenvalue weighted by Crippen LogP contribution is -2.14. The van der Waals surface area contributed by atoms with E-state index < -0.39 is 35.4 Å². The van der Waals surface area contributed by atoms with Crippen molar-refractivity contribution in [3.8, 4) is 23.0 Å². The molecule has 0 aliphatic carbocycles. The molecule has 228 valence electrons. The number of ketones is 2. The molecule has 0 fully saturated rings. The standard InChI is InChI=1S/C30H29FO10S2/c1-14(29(34)35)7-18(32)25-10-16-9-21(20(38-3)12-23(16)42-25)40-5-6-41-28-22(39-4)13-24-17(27(28)31)11-26(43-24)19(33)8-15(2)30(36)37/h9-15H,5-8H2,1-4H3,(H,34,35)(H,36,37). The van der Waals surface area contributed by atoms with Crippen LogP contribution in [0, 0.1) is 17.7 Å². The third-order valence-electron chi connectivity index (χ3n) is 6.67. The maximum absolute atomic E-state index is 15.5. The number of rotatable bonds is 15. The van der Waals surface area contributed by atoms with Gasteiger partial charge >= 0.3 is 11.9 Å². The van der Waals surface area contributed by atoms with E-state index in [4.69, 9.17) is 29.2 Å². The minimum atomic E-state index is -1.09. The first kappa shape index (κ1) is 31.7. The van der Waals surface area contributed by atoms with E-state index in [0.717, 1.165) is 16.0 Å². The van der Waals surface area contributed by atoms with Gasteiger partial charge in [-0.15, -0.1) is 22.7 Å². The Morgan fingerprint density at radius 1 is 0.744 bits per heavy atom. The lowest BCUT2D eigenvalue weighted by molar-refractivity contribution is -0.141. The first-order valence-electron chi connectivity index (χ1n) is 13.1. The Morgan fingerprint density at radius 2 is 1.28 bits per heavy atom. The Hall–Kier alpha value is -4.23. The van der Waals surface area contributed by atoms with Gasteiger partial charge in [0.2, 0.25) is 0 Å². The second-order valence-electron chi connectivity index (χ2n) is 9.83. The highest BCUT2D eigenvalue weighted by atomic mass is 32.1. The van der Waals surface area contributed by atoms with Gasteiger partial charge in [-0.25, -0.2) is 4.39 Å². The van der Waals surface area contributed by atoms with Gasteiger partial charge in [0.25, 0.3) is 0 Å². The summed E-state index contributed by atoms with van der Waals surface area (Å²) in [6.45, 7) is 2.83. The molecule has 0 aliphatic rings. The van der Waals surface area contributed by atoms with Crippen molar-refractivity contribution in [2.45, 2.75) is 26.7 Å². The van der Waals surface area contributed by atoms with E-state index in [2.05, 4.69) is 0 Å². The van der Waals surface area contributed by atoms with Crippen LogP contribution in [0.3, 0.4) is 0 Å². The predicted molar refractivity (Wildman–Crippen MR) is 159 cm³/mol. The first-order valence-corrected chi connectivity index (χ1v) is 14.8. The van der Waals surface area contributed by atoms with Crippen LogP contribution in [-0.2, 0) is 9.59 Å². The Balaban J connectivity index is 1.47. The maximum atomic E-state index is 15.5. The van der Waals surface area contributed by atoms with Gasteiger partial charge in [0.1, 0.15) is 13.2 Å². The van der Waals surface area contributed by atoms with E-state index in [0.29, 0.717) is 26.5 Å². The molecule has 2 atom stereocenters. The third-order valence-corrected chi connectivity index (χ3v) is 8.93. The molecule has 0 amide bonds. The van der Waals surface area contributed by atoms with Crippen molar-refractivity contribution in [3.05, 3.63) is 45.9 Å². The summed E-state index contributed by atoms with van der Waals surface area (Å²) < 4.78 is 39.0. The molecule has 0 aliphatic heterocycles. The summed E-state index contributed by atoms with van der Waals surface area (Å²) in [5.74, 6) is -4.44. The van der Waals surface area contributed by atoms with Crippen LogP contribution in [0.2, 0.25) is 0 Å². The molecule has 0 saturated carbocycles. The molecule has 0 radical (unpaired) electrons. The van der Waals surface area contributed by atoms with E-state index in [1.54, 1.807) is 24.3 Å². The average molecular weight is 633 g/mol. The van der Waals surface area contributed by atoms with Gasteiger partial charge in [0, 0.05) is 39.8 Å². The van der Waals surface area contributed by atoms with E-state index in [1.165, 1.54) is 45.5 Å². The summed E-state index contributed by atoms with van der Waals surface area (Å²) in [4.78, 5) is 48.0. The monoisotopic (exact) mass is 632 g/mol. The highest BCUT2D eigenvalue weighted by molar-refractivity contribution is 7.21. The van der Waals surface area contributed by atoms with Crippen molar-refractivity contribution >= 4 is 66.4 Å². The van der Waals surface area contributed by atoms with Crippen molar-refractivity contribution in [1.82, 2.24) is 0 Å². The summed E-state index contributed by atoms with van der Waals surface area (Å²) in [5.41, 5.74) is 0. The number of Topliss-reactive ketones (excluding diaryl/α,β-unsaturated/α-hetero) is 2. The Kier molecular flexibility index (Phi) is 9.87. The molecule has 4 rings (SSSR count). The number of halogens is 1. The molecule has 4 aromatic rings. The van der Waals surface area contributed by atoms with Crippen LogP contribution in [0.15, 0.2) is 30.3 Å². The number of ether oxygens (including phenoxy) is 4. The van der Waals surface area contributed by atoms with Gasteiger partial charge in [0.05, 0.1) is 35.8 Å². The number of benzene rings is 2. The number of carbonyl (C=O) groups is 4. The molecule has 0 spiro atoms. The predicted octanol–water partition coefficient (Wildman–Crippen LogP) is 6.32. The van der Waals surface area contributed by atoms with Crippen molar-refractivity contribution in [1.29, 1.82) is 0 Å². The van der Waals surface area contributed by atoms with Gasteiger partial charge in [-0.1, -0.05) is 13.8 Å². The molecular weight excluding hydrogens is 603 g/mol. The third kappa shape index (κ3) is 7.05. The number of fused-ring (bicyclic) bond motifs is 2. The van der Waals surface area contributed by atoms with E-state index in [9.17, 15) is 19.2 Å². The lowest BCUT2D eigenvalue weighted by Gasteiger charge is -2.14. The fourth-order valence-corrected chi connectivity index (χ4v) is 6.26. The molecule has 2 N–H and O–H groups in total. The highest BCUT2D eigenvalue weighted by Gasteiger charge is 2.23. The minimum Gasteiger partial charge on any atom is -0.493 e. The van der Waals surface area contributed by atoms with Gasteiger partial charge in [-0.05, 0) is 23.6 Å². The molecule has 2 heterocycles. The van der Waals surface area contributed by atoms with Crippen molar-refractivity contribution in [3.63, 3.8) is 0 Å². The summed E-state index contributed by atoms with van der Waals surface area (Å²) in [6, 6.07) is 8.04. The van der Waals surface area contributed by atoms with Crippen molar-refractivity contribution < 1.29 is 52.7 Å². The van der Waals surface area contributed by atoms with Crippen molar-refractivity contribution in [2.75, 3.05) is 27.4 Å². The van der Waals surface area contributed by atoms with Crippen molar-refractivity contribution in [2.24, 2.45) is 11.8 Å². The summed E-state index contributed by atoms with van der Waals surface area (Å²) in [7, 11) is 2.83. The molecular formula is C30H29FO10S2. The number of hydrogen-bond donors (Lipinski definition) is 2. The SMILES string of the molecule is COc1cc2sc(C(=O)CC(C)C(=O)O)cc2cc1OCCOc1c(OC)cc2sc(C(=O)CC(C)C(=O)O)cc2c1F. The minimum absolute atomic E-state index is 0.00496. The highest BCUT2D eigenvalue weighted by Crippen LogP contribution is 2.41. The average Bonchev–Trinajstić information content (AvgIpc) is 3.59. The smallest absolute Gasteiger partial charge is 0.306 e. The maximum Gasteiger partial charge on any atom is 0.306 e. The Labute approximate surface area is 253 Å². The van der Waals surface area contributed by atoms with Crippen LogP contribution in [-0.4, -0.2) is 61.2 Å². The van der Waals surface area contributed by atoms with Gasteiger partial charge in [0.15, 0.2) is 40.4 Å². The van der Waals surface area contributed by atoms with E-state index in [1.807, 2.05) is 0 Å². The topological polar surface area (TPSA) is 146 Å². The number of carboxylic acids is 2. The lowest BCUT2D eigenvalue weighted by atomic mass is 10.0. The number of carboxylic acid groups (broad SMARTS) is 2. The van der Waals surface area contributed by atoms with Gasteiger partial charge in [-0.2, -0.15) is 0 Å². The Morgan fingerprint density at radius 3 is 1.86 bits per heavy atom. The molecule has 2 aromatic carbocycles. The van der Waals surface area contributed by atoms with Crippen LogP contribution in [0.5, 0.6) is 23.0 Å². The quantitative estimate of drug-likeness (QED) is 0.113. The number of aliphatic carboxylic acids is 2. The molecule has 2 unspecified atom stereocenters.